The van der Waals surface area contributed by atoms with Crippen LogP contribution < -0.4 is 10.6 Å². The Morgan fingerprint density at radius 3 is 2.79 bits per heavy atom. The van der Waals surface area contributed by atoms with Crippen LogP contribution in [0.25, 0.3) is 5.69 Å². The van der Waals surface area contributed by atoms with Crippen LogP contribution in [0.5, 0.6) is 0 Å². The number of anilines is 1. The van der Waals surface area contributed by atoms with Crippen LogP contribution in [0.3, 0.4) is 0 Å². The molecule has 3 rings (SSSR count). The van der Waals surface area contributed by atoms with Gasteiger partial charge in [0.1, 0.15) is 11.9 Å². The van der Waals surface area contributed by atoms with E-state index in [1.165, 1.54) is 30.3 Å². The third-order valence-electron chi connectivity index (χ3n) is 4.91. The zero-order valence-electron chi connectivity index (χ0n) is 16.4. The van der Waals surface area contributed by atoms with Crippen LogP contribution >= 0.6 is 0 Å². The highest BCUT2D eigenvalue weighted by Crippen LogP contribution is 2.23. The number of amides is 3. The molecule has 1 aliphatic rings. The number of aromatic nitrogens is 2. The fourth-order valence-electron chi connectivity index (χ4n) is 3.54. The molecule has 1 saturated heterocycles. The number of halogens is 1. The molecule has 2 heterocycles. The van der Waals surface area contributed by atoms with E-state index >= 15 is 0 Å². The maximum atomic E-state index is 13.6. The Morgan fingerprint density at radius 2 is 2.10 bits per heavy atom. The first kappa shape index (κ1) is 20.5. The third-order valence-corrected chi connectivity index (χ3v) is 4.91. The lowest BCUT2D eigenvalue weighted by Gasteiger charge is -2.22. The van der Waals surface area contributed by atoms with E-state index in [2.05, 4.69) is 15.7 Å². The van der Waals surface area contributed by atoms with Gasteiger partial charge in [0.05, 0.1) is 23.3 Å². The Kier molecular flexibility index (Phi) is 6.26. The number of carbonyl (C=O) groups is 3. The smallest absolute Gasteiger partial charge is 0.314 e. The van der Waals surface area contributed by atoms with Crippen LogP contribution in [-0.4, -0.2) is 52.0 Å². The number of hydrogen-bond acceptors (Lipinski definition) is 4. The molecule has 9 heteroatoms. The minimum Gasteiger partial charge on any atom is -0.357 e. The van der Waals surface area contributed by atoms with Crippen LogP contribution in [0.2, 0.25) is 0 Å². The summed E-state index contributed by atoms with van der Waals surface area (Å²) in [6.45, 7) is 2.33. The summed E-state index contributed by atoms with van der Waals surface area (Å²) in [5.74, 6) is -2.25. The summed E-state index contributed by atoms with van der Waals surface area (Å²) < 4.78 is 15.2. The molecule has 0 spiro atoms. The van der Waals surface area contributed by atoms with E-state index < -0.39 is 23.7 Å². The molecule has 0 bridgehead atoms. The lowest BCUT2D eigenvalue weighted by Crippen LogP contribution is -2.48. The second kappa shape index (κ2) is 8.85. The van der Waals surface area contributed by atoms with Crippen molar-refractivity contribution in [3.05, 3.63) is 42.0 Å². The number of hydrogen-bond donors (Lipinski definition) is 2. The second-order valence-corrected chi connectivity index (χ2v) is 6.87. The molecule has 2 N–H and O–H groups in total. The largest absolute Gasteiger partial charge is 0.357 e. The zero-order chi connectivity index (χ0) is 21.0. The molecule has 1 aromatic heterocycles. The first-order chi connectivity index (χ1) is 14.0. The molecule has 0 aliphatic carbocycles. The quantitative estimate of drug-likeness (QED) is 0.745. The van der Waals surface area contributed by atoms with E-state index in [4.69, 9.17) is 0 Å². The van der Waals surface area contributed by atoms with Crippen molar-refractivity contribution in [2.24, 2.45) is 0 Å². The molecule has 0 saturated carbocycles. The van der Waals surface area contributed by atoms with Gasteiger partial charge in [-0.3, -0.25) is 14.4 Å². The Hall–Kier alpha value is -3.23. The summed E-state index contributed by atoms with van der Waals surface area (Å²) in [7, 11) is 1.50. The van der Waals surface area contributed by atoms with Gasteiger partial charge >= 0.3 is 11.8 Å². The molecule has 0 unspecified atom stereocenters. The molecule has 154 valence electrons. The average molecular weight is 401 g/mol. The van der Waals surface area contributed by atoms with Crippen molar-refractivity contribution in [1.82, 2.24) is 20.0 Å². The maximum absolute atomic E-state index is 13.6. The second-order valence-electron chi connectivity index (χ2n) is 6.87. The summed E-state index contributed by atoms with van der Waals surface area (Å²) in [6.07, 6.45) is 3.97. The molecule has 29 heavy (non-hydrogen) atoms. The summed E-state index contributed by atoms with van der Waals surface area (Å²) in [5.41, 5.74) is 1.59. The molecule has 3 amide bonds. The summed E-state index contributed by atoms with van der Waals surface area (Å²) in [6, 6.07) is 5.34. The van der Waals surface area contributed by atoms with Gasteiger partial charge in [0.2, 0.25) is 5.91 Å². The number of carbonyl (C=O) groups excluding carboxylic acids is 3. The number of rotatable bonds is 5. The number of likely N-dealkylation sites (tertiary alicyclic amines) is 1. The Bertz CT molecular complexity index is 927. The van der Waals surface area contributed by atoms with Crippen LogP contribution in [0.15, 0.2) is 30.5 Å². The van der Waals surface area contributed by atoms with Gasteiger partial charge in [-0.25, -0.2) is 9.07 Å². The topological polar surface area (TPSA) is 96.3 Å². The predicted octanol–water partition coefficient (Wildman–Crippen LogP) is 1.64. The Labute approximate surface area is 168 Å². The fraction of sp³-hybridized carbons (Fsp3) is 0.400. The molecule has 8 nitrogen and oxygen atoms in total. The molecular formula is C20H24FN5O3. The highest BCUT2D eigenvalue weighted by Gasteiger charge is 2.36. The van der Waals surface area contributed by atoms with E-state index in [1.54, 1.807) is 16.8 Å². The van der Waals surface area contributed by atoms with Crippen molar-refractivity contribution >= 4 is 23.4 Å². The van der Waals surface area contributed by atoms with Gasteiger partial charge in [0, 0.05) is 13.6 Å². The minimum atomic E-state index is -0.822. The van der Waals surface area contributed by atoms with Gasteiger partial charge in [0.25, 0.3) is 0 Å². The normalized spacial score (nSPS) is 16.0. The summed E-state index contributed by atoms with van der Waals surface area (Å²) in [4.78, 5) is 38.5. The van der Waals surface area contributed by atoms with Crippen LogP contribution in [0.1, 0.15) is 31.9 Å². The van der Waals surface area contributed by atoms with Crippen molar-refractivity contribution < 1.29 is 18.8 Å². The number of nitrogens with zero attached hydrogens (tertiary/aromatic N) is 3. The van der Waals surface area contributed by atoms with Crippen molar-refractivity contribution in [3.8, 4) is 5.69 Å². The van der Waals surface area contributed by atoms with Crippen LogP contribution in [0.4, 0.5) is 10.1 Å². The van der Waals surface area contributed by atoms with Gasteiger partial charge in [-0.15, -0.1) is 0 Å². The average Bonchev–Trinajstić information content (AvgIpc) is 3.35. The first-order valence-corrected chi connectivity index (χ1v) is 9.62. The van der Waals surface area contributed by atoms with Gasteiger partial charge in [-0.1, -0.05) is 19.4 Å². The first-order valence-electron chi connectivity index (χ1n) is 9.62. The summed E-state index contributed by atoms with van der Waals surface area (Å²) >= 11 is 0. The highest BCUT2D eigenvalue weighted by molar-refractivity contribution is 6.40. The molecule has 0 radical (unpaired) electrons. The standard InChI is InChI=1S/C20H24FN5O3/c1-3-6-16-15(12-23-26(16)14-8-4-7-13(21)11-14)24-19(28)20(29)25-10-5-9-17(25)18(27)22-2/h4,7-8,11-12,17H,3,5-6,9-10H2,1-2H3,(H,22,27)(H,24,28)/t17-/m0/s1. The summed E-state index contributed by atoms with van der Waals surface area (Å²) in [5, 5.41) is 9.40. The van der Waals surface area contributed by atoms with Gasteiger partial charge in [-0.2, -0.15) is 5.10 Å². The monoisotopic (exact) mass is 401 g/mol. The van der Waals surface area contributed by atoms with E-state index in [0.29, 0.717) is 42.9 Å². The highest BCUT2D eigenvalue weighted by atomic mass is 19.1. The number of nitrogens with one attached hydrogen (secondary N) is 2. The van der Waals surface area contributed by atoms with E-state index in [9.17, 15) is 18.8 Å². The van der Waals surface area contributed by atoms with Crippen molar-refractivity contribution in [1.29, 1.82) is 0 Å². The fourth-order valence-corrected chi connectivity index (χ4v) is 3.54. The zero-order valence-corrected chi connectivity index (χ0v) is 16.4. The lowest BCUT2D eigenvalue weighted by atomic mass is 10.2. The molecular weight excluding hydrogens is 377 g/mol. The SMILES string of the molecule is CCCc1c(NC(=O)C(=O)N2CCC[C@H]2C(=O)NC)cnn1-c1cccc(F)c1. The Morgan fingerprint density at radius 1 is 1.31 bits per heavy atom. The third kappa shape index (κ3) is 4.28. The van der Waals surface area contributed by atoms with Gasteiger partial charge < -0.3 is 15.5 Å². The van der Waals surface area contributed by atoms with Crippen molar-refractivity contribution in [2.45, 2.75) is 38.6 Å². The molecule has 1 aromatic carbocycles. The van der Waals surface area contributed by atoms with E-state index in [1.807, 2.05) is 6.92 Å². The molecule has 2 aromatic rings. The molecule has 1 fully saturated rings. The van der Waals surface area contributed by atoms with E-state index in [-0.39, 0.29) is 5.91 Å². The lowest BCUT2D eigenvalue weighted by molar-refractivity contribution is -0.146. The van der Waals surface area contributed by atoms with Crippen LogP contribution in [0, 0.1) is 5.82 Å². The molecule has 1 atom stereocenters. The van der Waals surface area contributed by atoms with Crippen molar-refractivity contribution in [3.63, 3.8) is 0 Å². The van der Waals surface area contributed by atoms with Gasteiger partial charge in [0.15, 0.2) is 0 Å². The maximum Gasteiger partial charge on any atom is 0.314 e. The number of likely N-dealkylation sites (N-methyl/N-ethyl adjacent to an activating group) is 1. The number of benzene rings is 1. The predicted molar refractivity (Wildman–Crippen MR) is 105 cm³/mol. The van der Waals surface area contributed by atoms with Crippen molar-refractivity contribution in [2.75, 3.05) is 18.9 Å². The minimum absolute atomic E-state index is 0.283. The van der Waals surface area contributed by atoms with Crippen LogP contribution in [-0.2, 0) is 20.8 Å². The van der Waals surface area contributed by atoms with Gasteiger partial charge in [-0.05, 0) is 37.5 Å². The Balaban J connectivity index is 1.81. The van der Waals surface area contributed by atoms with E-state index in [0.717, 1.165) is 6.42 Å². The molecule has 1 aliphatic heterocycles.